The molecule has 0 unspecified atom stereocenters. The fraction of sp³-hybridized carbons (Fsp3) is 0.100. The smallest absolute Gasteiger partial charge is 0.257 e. The van der Waals surface area contributed by atoms with Crippen LogP contribution in [-0.4, -0.2) is 29.0 Å². The molecule has 1 aliphatic rings. The van der Waals surface area contributed by atoms with E-state index >= 15 is 0 Å². The summed E-state index contributed by atoms with van der Waals surface area (Å²) in [5, 5.41) is 0. The van der Waals surface area contributed by atoms with Crippen molar-refractivity contribution in [2.45, 2.75) is 0 Å². The summed E-state index contributed by atoms with van der Waals surface area (Å²) in [6.45, 7) is 0. The lowest BCUT2D eigenvalue weighted by Crippen LogP contribution is -1.98. The van der Waals surface area contributed by atoms with Gasteiger partial charge in [-0.15, -0.1) is 0 Å². The Morgan fingerprint density at radius 1 is 1.38 bits per heavy atom. The van der Waals surface area contributed by atoms with E-state index in [1.807, 2.05) is 42.1 Å². The summed E-state index contributed by atoms with van der Waals surface area (Å²) in [5.41, 5.74) is 0.928. The fourth-order valence-corrected chi connectivity index (χ4v) is 1.11. The van der Waals surface area contributed by atoms with Gasteiger partial charge in [0.15, 0.2) is 6.21 Å². The van der Waals surface area contributed by atoms with Crippen molar-refractivity contribution in [3.8, 4) is 0 Å². The van der Waals surface area contributed by atoms with Crippen molar-refractivity contribution in [1.29, 1.82) is 0 Å². The molecule has 3 nitrogen and oxygen atoms in total. The molecule has 0 aromatic carbocycles. The highest BCUT2D eigenvalue weighted by atomic mass is 15.1. The average molecular weight is 172 g/mol. The Hall–Kier alpha value is -1.77. The van der Waals surface area contributed by atoms with Gasteiger partial charge in [0.25, 0.3) is 0 Å². The average Bonchev–Trinajstić information content (AvgIpc) is 2.54. The van der Waals surface area contributed by atoms with Gasteiger partial charge in [-0.2, -0.15) is 0 Å². The zero-order valence-corrected chi connectivity index (χ0v) is 7.38. The van der Waals surface area contributed by atoms with Gasteiger partial charge >= 0.3 is 5.82 Å². The molecule has 0 fully saturated rings. The van der Waals surface area contributed by atoms with Gasteiger partial charge in [-0.1, -0.05) is 6.07 Å². The Morgan fingerprint density at radius 3 is 2.92 bits per heavy atom. The molecule has 0 bridgehead atoms. The van der Waals surface area contributed by atoms with Gasteiger partial charge in [-0.25, -0.2) is 4.58 Å². The zero-order valence-electron chi connectivity index (χ0n) is 7.38. The number of pyridine rings is 1. The third kappa shape index (κ3) is 1.69. The van der Waals surface area contributed by atoms with E-state index < -0.39 is 0 Å². The van der Waals surface area contributed by atoms with Gasteiger partial charge in [0, 0.05) is 6.20 Å². The minimum Gasteiger partial charge on any atom is -0.257 e. The Labute approximate surface area is 76.8 Å². The lowest BCUT2D eigenvalue weighted by Gasteiger charge is -1.91. The van der Waals surface area contributed by atoms with E-state index in [1.54, 1.807) is 12.4 Å². The number of rotatable bonds is 1. The summed E-state index contributed by atoms with van der Waals surface area (Å²) >= 11 is 0. The van der Waals surface area contributed by atoms with Crippen LogP contribution in [0.3, 0.4) is 0 Å². The molecule has 0 radical (unpaired) electrons. The lowest BCUT2D eigenvalue weighted by molar-refractivity contribution is -0.433. The van der Waals surface area contributed by atoms with Gasteiger partial charge in [0.2, 0.25) is 0 Å². The maximum Gasteiger partial charge on any atom is 0.325 e. The highest BCUT2D eigenvalue weighted by molar-refractivity contribution is 6.15. The Balaban J connectivity index is 2.32. The van der Waals surface area contributed by atoms with Crippen LogP contribution in [0.5, 0.6) is 0 Å². The first-order valence-corrected chi connectivity index (χ1v) is 4.09. The van der Waals surface area contributed by atoms with Crippen molar-refractivity contribution in [3.05, 3.63) is 35.9 Å². The van der Waals surface area contributed by atoms with E-state index in [-0.39, 0.29) is 0 Å². The minimum absolute atomic E-state index is 0.915. The van der Waals surface area contributed by atoms with Crippen LogP contribution in [0.1, 0.15) is 5.69 Å². The van der Waals surface area contributed by atoms with E-state index in [4.69, 9.17) is 0 Å². The summed E-state index contributed by atoms with van der Waals surface area (Å²) in [6.07, 6.45) is 7.40. The predicted molar refractivity (Wildman–Crippen MR) is 53.0 cm³/mol. The Morgan fingerprint density at radius 2 is 2.31 bits per heavy atom. The van der Waals surface area contributed by atoms with Crippen molar-refractivity contribution in [1.82, 2.24) is 4.98 Å². The molecule has 64 valence electrons. The number of nitrogens with zero attached hydrogens (tertiary/aromatic N) is 3. The van der Waals surface area contributed by atoms with Gasteiger partial charge in [0.05, 0.1) is 18.8 Å². The molecule has 0 spiro atoms. The maximum absolute atomic E-state index is 4.19. The minimum atomic E-state index is 0.915. The number of aromatic nitrogens is 1. The number of aliphatic imine (C=N–C) groups is 1. The molecule has 0 N–H and O–H groups in total. The molecule has 2 heterocycles. The Bertz CT molecular complexity index is 388. The summed E-state index contributed by atoms with van der Waals surface area (Å²) in [5.74, 6) is 0.915. The second kappa shape index (κ2) is 3.31. The van der Waals surface area contributed by atoms with Crippen LogP contribution in [0.25, 0.3) is 6.08 Å². The molecule has 1 aromatic rings. The molecule has 0 saturated carbocycles. The van der Waals surface area contributed by atoms with Crippen molar-refractivity contribution in [2.75, 3.05) is 7.05 Å². The fourth-order valence-electron chi connectivity index (χ4n) is 1.11. The van der Waals surface area contributed by atoms with Crippen LogP contribution in [0.4, 0.5) is 0 Å². The lowest BCUT2D eigenvalue weighted by atomic mass is 10.3. The molecule has 0 atom stereocenters. The topological polar surface area (TPSA) is 28.3 Å². The molecule has 0 aliphatic carbocycles. The van der Waals surface area contributed by atoms with Crippen molar-refractivity contribution in [2.24, 2.45) is 4.99 Å². The van der Waals surface area contributed by atoms with E-state index in [0.29, 0.717) is 0 Å². The third-order valence-electron chi connectivity index (χ3n) is 1.82. The maximum atomic E-state index is 4.19. The summed E-state index contributed by atoms with van der Waals surface area (Å²) in [7, 11) is 1.96. The van der Waals surface area contributed by atoms with Crippen molar-refractivity contribution >= 4 is 18.5 Å². The van der Waals surface area contributed by atoms with Gasteiger partial charge in [0.1, 0.15) is 6.21 Å². The standard InChI is InChI=1S/C10H10N3/c1-13-7-6-12-10(13)8-9-4-2-3-5-11-9/h2-8H,1H3/q+1/b10-8-. The molecule has 13 heavy (non-hydrogen) atoms. The molecular formula is C10H10N3+. The first-order valence-electron chi connectivity index (χ1n) is 4.09. The molecule has 1 aromatic heterocycles. The van der Waals surface area contributed by atoms with Gasteiger partial charge < -0.3 is 0 Å². The predicted octanol–water partition coefficient (Wildman–Crippen LogP) is 1.18. The van der Waals surface area contributed by atoms with E-state index in [9.17, 15) is 0 Å². The normalized spacial score (nSPS) is 17.9. The molecule has 2 rings (SSSR count). The highest BCUT2D eigenvalue weighted by Crippen LogP contribution is 2.06. The van der Waals surface area contributed by atoms with Crippen LogP contribution in [0.15, 0.2) is 35.2 Å². The molecule has 3 heteroatoms. The first-order chi connectivity index (χ1) is 6.36. The van der Waals surface area contributed by atoms with Crippen LogP contribution in [0.2, 0.25) is 0 Å². The second-order valence-electron chi connectivity index (χ2n) is 2.80. The SMILES string of the molecule is C[N+]1=CC=N/C1=C/c1ccccn1. The van der Waals surface area contributed by atoms with Gasteiger partial charge in [-0.3, -0.25) is 4.98 Å². The largest absolute Gasteiger partial charge is 0.325 e. The van der Waals surface area contributed by atoms with Crippen LogP contribution < -0.4 is 0 Å². The quantitative estimate of drug-likeness (QED) is 0.584. The summed E-state index contributed by atoms with van der Waals surface area (Å²) in [6, 6.07) is 5.81. The van der Waals surface area contributed by atoms with Gasteiger partial charge in [-0.05, 0) is 17.1 Å². The molecule has 1 aliphatic heterocycles. The molecular weight excluding hydrogens is 162 g/mol. The van der Waals surface area contributed by atoms with Crippen molar-refractivity contribution < 1.29 is 4.58 Å². The zero-order chi connectivity index (χ0) is 9.10. The van der Waals surface area contributed by atoms with Crippen LogP contribution in [0, 0.1) is 0 Å². The third-order valence-corrected chi connectivity index (χ3v) is 1.82. The summed E-state index contributed by atoms with van der Waals surface area (Å²) < 4.78 is 1.95. The number of hydrogen-bond acceptors (Lipinski definition) is 2. The van der Waals surface area contributed by atoms with E-state index in [2.05, 4.69) is 9.98 Å². The van der Waals surface area contributed by atoms with Crippen molar-refractivity contribution in [3.63, 3.8) is 0 Å². The summed E-state index contributed by atoms with van der Waals surface area (Å²) in [4.78, 5) is 8.36. The van der Waals surface area contributed by atoms with Crippen LogP contribution >= 0.6 is 0 Å². The number of hydrogen-bond donors (Lipinski definition) is 0. The Kier molecular flexibility index (Phi) is 2.00. The van der Waals surface area contributed by atoms with Crippen LogP contribution in [-0.2, 0) is 0 Å². The molecule has 0 amide bonds. The van der Waals surface area contributed by atoms with E-state index in [0.717, 1.165) is 11.5 Å². The first kappa shape index (κ1) is 7.86. The highest BCUT2D eigenvalue weighted by Gasteiger charge is 2.11. The van der Waals surface area contributed by atoms with E-state index in [1.165, 1.54) is 0 Å². The second-order valence-corrected chi connectivity index (χ2v) is 2.80. The monoisotopic (exact) mass is 172 g/mol. The molecule has 0 saturated heterocycles.